The summed E-state index contributed by atoms with van der Waals surface area (Å²) in [5.41, 5.74) is 2.03. The average Bonchev–Trinajstić information content (AvgIpc) is 3.37. The van der Waals surface area contributed by atoms with Crippen LogP contribution < -0.4 is 20.3 Å². The van der Waals surface area contributed by atoms with E-state index >= 15 is 0 Å². The number of ether oxygens (including phenoxy) is 1. The third-order valence-electron chi connectivity index (χ3n) is 6.04. The number of thiazole rings is 1. The Morgan fingerprint density at radius 2 is 1.71 bits per heavy atom. The summed E-state index contributed by atoms with van der Waals surface area (Å²) in [5, 5.41) is 9.09. The van der Waals surface area contributed by atoms with Crippen molar-refractivity contribution in [3.63, 3.8) is 0 Å². The normalized spacial score (nSPS) is 11.6. The smallest absolute Gasteiger partial charge is 0.407 e. The highest BCUT2D eigenvalue weighted by Gasteiger charge is 2.20. The summed E-state index contributed by atoms with van der Waals surface area (Å²) in [6, 6.07) is 17.8. The van der Waals surface area contributed by atoms with Gasteiger partial charge in [-0.1, -0.05) is 36.4 Å². The molecule has 0 spiro atoms. The van der Waals surface area contributed by atoms with Crippen LogP contribution in [-0.2, 0) is 19.6 Å². The van der Waals surface area contributed by atoms with Crippen molar-refractivity contribution in [2.45, 2.75) is 44.1 Å². The van der Waals surface area contributed by atoms with E-state index in [1.807, 2.05) is 43.3 Å². The number of hydrogen-bond acceptors (Lipinski definition) is 8. The highest BCUT2D eigenvalue weighted by molar-refractivity contribution is 7.93. The molecular formula is C30H35N5O5S2. The molecule has 222 valence electrons. The summed E-state index contributed by atoms with van der Waals surface area (Å²) >= 11 is 1.27. The van der Waals surface area contributed by atoms with Crippen LogP contribution in [0.4, 0.5) is 21.3 Å². The fraction of sp³-hybridized carbons (Fsp3) is 0.300. The second-order valence-electron chi connectivity index (χ2n) is 10.8. The number of nitrogens with one attached hydrogen (secondary N) is 3. The third-order valence-corrected chi connectivity index (χ3v) is 8.24. The number of carbonyl (C=O) groups excluding carboxylic acids is 2. The predicted molar refractivity (Wildman–Crippen MR) is 169 cm³/mol. The van der Waals surface area contributed by atoms with E-state index in [1.165, 1.54) is 11.3 Å². The molecule has 0 aliphatic heterocycles. The SMILES string of the molecule is CN(C)c1cccc2c(S(=O)(=O)Nc3cccc(-c4csc(NC(=O)CCCNC(=O)OC(C)(C)C)n4)c3)cccc12. The number of sulfonamides is 1. The Kier molecular flexibility index (Phi) is 9.37. The molecule has 42 heavy (non-hydrogen) atoms. The molecule has 0 saturated heterocycles. The van der Waals surface area contributed by atoms with Crippen LogP contribution in [0.5, 0.6) is 0 Å². The van der Waals surface area contributed by atoms with Gasteiger partial charge in [-0.2, -0.15) is 0 Å². The summed E-state index contributed by atoms with van der Waals surface area (Å²) in [6.45, 7) is 5.65. The number of anilines is 3. The third kappa shape index (κ3) is 7.98. The number of amides is 2. The van der Waals surface area contributed by atoms with Crippen molar-refractivity contribution >= 4 is 60.6 Å². The van der Waals surface area contributed by atoms with Crippen molar-refractivity contribution in [2.24, 2.45) is 0 Å². The molecule has 2 amide bonds. The molecule has 0 aliphatic carbocycles. The van der Waals surface area contributed by atoms with Crippen molar-refractivity contribution in [2.75, 3.05) is 35.6 Å². The van der Waals surface area contributed by atoms with Crippen LogP contribution in [0.2, 0.25) is 0 Å². The fourth-order valence-corrected chi connectivity index (χ4v) is 6.25. The van der Waals surface area contributed by atoms with E-state index in [9.17, 15) is 18.0 Å². The van der Waals surface area contributed by atoms with Gasteiger partial charge in [0.1, 0.15) is 5.60 Å². The average molecular weight is 610 g/mol. The molecule has 10 nitrogen and oxygen atoms in total. The summed E-state index contributed by atoms with van der Waals surface area (Å²) < 4.78 is 34.8. The van der Waals surface area contributed by atoms with Gasteiger partial charge in [-0.15, -0.1) is 11.3 Å². The number of nitrogens with zero attached hydrogens (tertiary/aromatic N) is 2. The molecule has 0 aliphatic rings. The van der Waals surface area contributed by atoms with Crippen molar-refractivity contribution in [3.05, 3.63) is 66.0 Å². The Bertz CT molecular complexity index is 1690. The van der Waals surface area contributed by atoms with Gasteiger partial charge in [-0.3, -0.25) is 9.52 Å². The number of hydrogen-bond donors (Lipinski definition) is 3. The Balaban J connectivity index is 1.40. The first-order valence-electron chi connectivity index (χ1n) is 13.4. The van der Waals surface area contributed by atoms with Gasteiger partial charge in [-0.25, -0.2) is 18.2 Å². The summed E-state index contributed by atoms with van der Waals surface area (Å²) in [6.07, 6.45) is 0.123. The zero-order valence-corrected chi connectivity index (χ0v) is 25.9. The molecular weight excluding hydrogens is 574 g/mol. The molecule has 0 atom stereocenters. The number of aromatic nitrogens is 1. The molecule has 0 bridgehead atoms. The van der Waals surface area contributed by atoms with Gasteiger partial charge in [0.15, 0.2) is 5.13 Å². The quantitative estimate of drug-likeness (QED) is 0.186. The first-order valence-corrected chi connectivity index (χ1v) is 15.7. The molecule has 1 aromatic heterocycles. The monoisotopic (exact) mass is 609 g/mol. The predicted octanol–water partition coefficient (Wildman–Crippen LogP) is 6.07. The Morgan fingerprint density at radius 3 is 2.45 bits per heavy atom. The standard InChI is InChI=1S/C30H35N5O5S2/c1-30(2,3)40-29(37)31-17-9-16-27(36)33-28-32-24(19-41-28)20-10-6-11-21(18-20)34-42(38,39)26-15-8-12-22-23(26)13-7-14-25(22)35(4)5/h6-8,10-15,18-19,34H,9,16-17H2,1-5H3,(H,31,37)(H,32,33,36). The molecule has 0 saturated carbocycles. The minimum atomic E-state index is -3.90. The number of rotatable bonds is 10. The van der Waals surface area contributed by atoms with Crippen molar-refractivity contribution in [1.82, 2.24) is 10.3 Å². The molecule has 0 fully saturated rings. The van der Waals surface area contributed by atoms with E-state index < -0.39 is 21.7 Å². The molecule has 0 unspecified atom stereocenters. The van der Waals surface area contributed by atoms with Crippen LogP contribution in [0.3, 0.4) is 0 Å². The van der Waals surface area contributed by atoms with E-state index in [0.29, 0.717) is 40.4 Å². The summed E-state index contributed by atoms with van der Waals surface area (Å²) in [5.74, 6) is -0.226. The largest absolute Gasteiger partial charge is 0.444 e. The molecule has 4 rings (SSSR count). The summed E-state index contributed by atoms with van der Waals surface area (Å²) in [4.78, 5) is 30.7. The van der Waals surface area contributed by atoms with Crippen LogP contribution in [0.1, 0.15) is 33.6 Å². The van der Waals surface area contributed by atoms with Crippen LogP contribution >= 0.6 is 11.3 Å². The van der Waals surface area contributed by atoms with Crippen molar-refractivity contribution in [1.29, 1.82) is 0 Å². The zero-order chi connectivity index (χ0) is 30.5. The molecule has 3 N–H and O–H groups in total. The van der Waals surface area contributed by atoms with Gasteiger partial charge >= 0.3 is 6.09 Å². The van der Waals surface area contributed by atoms with Gasteiger partial charge in [-0.05, 0) is 51.5 Å². The van der Waals surface area contributed by atoms with Crippen molar-refractivity contribution < 1.29 is 22.7 Å². The number of benzene rings is 3. The Hall–Kier alpha value is -4.16. The lowest BCUT2D eigenvalue weighted by Gasteiger charge is -2.19. The topological polar surface area (TPSA) is 130 Å². The van der Waals surface area contributed by atoms with Gasteiger partial charge in [0.2, 0.25) is 5.91 Å². The van der Waals surface area contributed by atoms with Gasteiger partial charge in [0.05, 0.1) is 10.6 Å². The lowest BCUT2D eigenvalue weighted by atomic mass is 10.1. The fourth-order valence-electron chi connectivity index (χ4n) is 4.24. The minimum Gasteiger partial charge on any atom is -0.444 e. The van der Waals surface area contributed by atoms with E-state index in [-0.39, 0.29) is 17.2 Å². The Morgan fingerprint density at radius 1 is 1.00 bits per heavy atom. The van der Waals surface area contributed by atoms with Gasteiger partial charge < -0.3 is 20.3 Å². The van der Waals surface area contributed by atoms with Crippen LogP contribution in [0.25, 0.3) is 22.0 Å². The van der Waals surface area contributed by atoms with Crippen LogP contribution in [-0.4, -0.2) is 51.6 Å². The van der Waals surface area contributed by atoms with E-state index in [1.54, 1.807) is 62.5 Å². The second-order valence-corrected chi connectivity index (χ2v) is 13.3. The van der Waals surface area contributed by atoms with E-state index in [2.05, 4.69) is 20.3 Å². The minimum absolute atomic E-state index is 0.189. The molecule has 1 heterocycles. The maximum atomic E-state index is 13.5. The zero-order valence-electron chi connectivity index (χ0n) is 24.2. The van der Waals surface area contributed by atoms with Gasteiger partial charge in [0, 0.05) is 60.2 Å². The lowest BCUT2D eigenvalue weighted by Crippen LogP contribution is -2.33. The highest BCUT2D eigenvalue weighted by Crippen LogP contribution is 2.32. The van der Waals surface area contributed by atoms with Crippen molar-refractivity contribution in [3.8, 4) is 11.3 Å². The lowest BCUT2D eigenvalue weighted by molar-refractivity contribution is -0.116. The maximum Gasteiger partial charge on any atom is 0.407 e. The van der Waals surface area contributed by atoms with Crippen LogP contribution in [0, 0.1) is 0 Å². The number of alkyl carbamates (subject to hydrolysis) is 1. The van der Waals surface area contributed by atoms with Crippen LogP contribution in [0.15, 0.2) is 70.9 Å². The first kappa shape index (κ1) is 30.8. The second kappa shape index (κ2) is 12.8. The number of fused-ring (bicyclic) bond motifs is 1. The highest BCUT2D eigenvalue weighted by atomic mass is 32.2. The Labute approximate surface area is 250 Å². The molecule has 0 radical (unpaired) electrons. The van der Waals surface area contributed by atoms with E-state index in [4.69, 9.17) is 4.74 Å². The number of carbonyl (C=O) groups is 2. The molecule has 3 aromatic carbocycles. The van der Waals surface area contributed by atoms with E-state index in [0.717, 1.165) is 11.1 Å². The summed E-state index contributed by atoms with van der Waals surface area (Å²) in [7, 11) is -0.0587. The molecule has 4 aromatic rings. The van der Waals surface area contributed by atoms with Gasteiger partial charge in [0.25, 0.3) is 10.0 Å². The molecule has 12 heteroatoms. The first-order chi connectivity index (χ1) is 19.8. The maximum absolute atomic E-state index is 13.5.